The molecule has 0 saturated heterocycles. The molecule has 0 radical (unpaired) electrons. The third kappa shape index (κ3) is 6.24. The SMILES string of the molecule is CN=C(NCCN(C(C)C)C(C)C)NCC(=O)N1CCc2ccccc2C1. The van der Waals surface area contributed by atoms with Crippen LogP contribution in [0.4, 0.5) is 0 Å². The van der Waals surface area contributed by atoms with Gasteiger partial charge in [0.15, 0.2) is 5.96 Å². The Morgan fingerprint density at radius 2 is 1.81 bits per heavy atom. The normalized spacial score (nSPS) is 14.7. The number of hydrogen-bond donors (Lipinski definition) is 2. The zero-order chi connectivity index (χ0) is 19.8. The Labute approximate surface area is 164 Å². The van der Waals surface area contributed by atoms with Crippen molar-refractivity contribution >= 4 is 11.9 Å². The summed E-state index contributed by atoms with van der Waals surface area (Å²) in [5, 5.41) is 6.46. The Hall–Kier alpha value is -2.08. The van der Waals surface area contributed by atoms with Gasteiger partial charge in [-0.1, -0.05) is 24.3 Å². The number of nitrogens with one attached hydrogen (secondary N) is 2. The van der Waals surface area contributed by atoms with E-state index < -0.39 is 0 Å². The third-order valence-electron chi connectivity index (χ3n) is 5.10. The Balaban J connectivity index is 1.76. The number of benzene rings is 1. The van der Waals surface area contributed by atoms with E-state index in [0.717, 1.165) is 26.1 Å². The maximum atomic E-state index is 12.6. The topological polar surface area (TPSA) is 60.0 Å². The minimum Gasteiger partial charge on any atom is -0.355 e. The van der Waals surface area contributed by atoms with E-state index in [1.807, 2.05) is 11.0 Å². The number of aliphatic imine (C=N–C) groups is 1. The molecular formula is C21H35N5O. The maximum Gasteiger partial charge on any atom is 0.242 e. The van der Waals surface area contributed by atoms with Gasteiger partial charge in [-0.25, -0.2) is 0 Å². The van der Waals surface area contributed by atoms with Crippen LogP contribution in [0.1, 0.15) is 38.8 Å². The van der Waals surface area contributed by atoms with E-state index >= 15 is 0 Å². The highest BCUT2D eigenvalue weighted by Crippen LogP contribution is 2.18. The van der Waals surface area contributed by atoms with Crippen LogP contribution in [-0.2, 0) is 17.8 Å². The highest BCUT2D eigenvalue weighted by molar-refractivity contribution is 5.86. The number of amides is 1. The van der Waals surface area contributed by atoms with Crippen molar-refractivity contribution in [3.05, 3.63) is 35.4 Å². The fourth-order valence-electron chi connectivity index (χ4n) is 3.62. The molecule has 0 aliphatic carbocycles. The van der Waals surface area contributed by atoms with E-state index in [9.17, 15) is 4.79 Å². The van der Waals surface area contributed by atoms with Crippen LogP contribution in [-0.4, -0.2) is 67.0 Å². The van der Waals surface area contributed by atoms with E-state index in [1.165, 1.54) is 11.1 Å². The van der Waals surface area contributed by atoms with E-state index in [0.29, 0.717) is 24.6 Å². The van der Waals surface area contributed by atoms with Crippen molar-refractivity contribution in [3.63, 3.8) is 0 Å². The number of fused-ring (bicyclic) bond motifs is 1. The quantitative estimate of drug-likeness (QED) is 0.566. The first kappa shape index (κ1) is 21.2. The molecule has 1 aliphatic rings. The summed E-state index contributed by atoms with van der Waals surface area (Å²) < 4.78 is 0. The standard InChI is InChI=1S/C21H35N5O/c1-16(2)26(17(3)4)13-11-23-21(22-5)24-14-20(27)25-12-10-18-8-6-7-9-19(18)15-25/h6-9,16-17H,10-15H2,1-5H3,(H2,22,23,24). The molecule has 2 rings (SSSR count). The number of guanidine groups is 1. The Bertz CT molecular complexity index is 633. The van der Waals surface area contributed by atoms with Gasteiger partial charge in [0.2, 0.25) is 5.91 Å². The molecule has 27 heavy (non-hydrogen) atoms. The summed E-state index contributed by atoms with van der Waals surface area (Å²) in [5.74, 6) is 0.784. The van der Waals surface area contributed by atoms with Crippen LogP contribution in [0.25, 0.3) is 0 Å². The predicted octanol–water partition coefficient (Wildman–Crippen LogP) is 1.86. The number of nitrogens with zero attached hydrogens (tertiary/aromatic N) is 3. The lowest BCUT2D eigenvalue weighted by Crippen LogP contribution is -2.48. The van der Waals surface area contributed by atoms with Crippen LogP contribution >= 0.6 is 0 Å². The van der Waals surface area contributed by atoms with Crippen molar-refractivity contribution in [2.75, 3.05) is 33.2 Å². The lowest BCUT2D eigenvalue weighted by molar-refractivity contribution is -0.130. The summed E-state index contributed by atoms with van der Waals surface area (Å²) in [6, 6.07) is 9.37. The molecule has 1 heterocycles. The van der Waals surface area contributed by atoms with Crippen molar-refractivity contribution < 1.29 is 4.79 Å². The van der Waals surface area contributed by atoms with Crippen LogP contribution in [0.2, 0.25) is 0 Å². The molecule has 6 heteroatoms. The molecule has 0 saturated carbocycles. The molecule has 6 nitrogen and oxygen atoms in total. The molecule has 0 atom stereocenters. The summed E-state index contributed by atoms with van der Waals surface area (Å²) in [7, 11) is 1.74. The molecule has 2 N–H and O–H groups in total. The smallest absolute Gasteiger partial charge is 0.242 e. The second-order valence-electron chi connectivity index (χ2n) is 7.61. The number of hydrogen-bond acceptors (Lipinski definition) is 3. The van der Waals surface area contributed by atoms with Gasteiger partial charge in [0.1, 0.15) is 0 Å². The number of carbonyl (C=O) groups is 1. The van der Waals surface area contributed by atoms with E-state index in [-0.39, 0.29) is 12.5 Å². The summed E-state index contributed by atoms with van der Waals surface area (Å²) >= 11 is 0. The molecule has 0 spiro atoms. The Kier molecular flexibility index (Phi) is 8.10. The molecule has 150 valence electrons. The van der Waals surface area contributed by atoms with Crippen LogP contribution in [0.3, 0.4) is 0 Å². The van der Waals surface area contributed by atoms with Crippen molar-refractivity contribution in [3.8, 4) is 0 Å². The summed E-state index contributed by atoms with van der Waals surface area (Å²) in [6.45, 7) is 12.3. The first-order valence-corrected chi connectivity index (χ1v) is 9.97. The van der Waals surface area contributed by atoms with Gasteiger partial charge in [-0.2, -0.15) is 0 Å². The summed E-state index contributed by atoms with van der Waals surface area (Å²) in [5.41, 5.74) is 2.61. The van der Waals surface area contributed by atoms with Gasteiger partial charge in [-0.05, 0) is 45.2 Å². The van der Waals surface area contributed by atoms with Gasteiger partial charge in [0.25, 0.3) is 0 Å². The maximum absolute atomic E-state index is 12.6. The molecule has 0 aromatic heterocycles. The molecule has 0 unspecified atom stereocenters. The third-order valence-corrected chi connectivity index (χ3v) is 5.10. The second kappa shape index (κ2) is 10.3. The van der Waals surface area contributed by atoms with Gasteiger partial charge in [-0.15, -0.1) is 0 Å². The second-order valence-corrected chi connectivity index (χ2v) is 7.61. The molecule has 1 aromatic rings. The fourth-order valence-corrected chi connectivity index (χ4v) is 3.62. The minimum absolute atomic E-state index is 0.110. The highest BCUT2D eigenvalue weighted by atomic mass is 16.2. The Morgan fingerprint density at radius 3 is 2.44 bits per heavy atom. The number of carbonyl (C=O) groups excluding carboxylic acids is 1. The molecule has 0 fully saturated rings. The fraction of sp³-hybridized carbons (Fsp3) is 0.619. The van der Waals surface area contributed by atoms with Crippen LogP contribution < -0.4 is 10.6 Å². The zero-order valence-electron chi connectivity index (χ0n) is 17.5. The first-order chi connectivity index (χ1) is 12.9. The molecule has 1 aliphatic heterocycles. The first-order valence-electron chi connectivity index (χ1n) is 9.97. The van der Waals surface area contributed by atoms with Crippen LogP contribution in [0.15, 0.2) is 29.3 Å². The van der Waals surface area contributed by atoms with Gasteiger partial charge in [0, 0.05) is 45.3 Å². The molecule has 1 aromatic carbocycles. The zero-order valence-corrected chi connectivity index (χ0v) is 17.5. The van der Waals surface area contributed by atoms with Crippen molar-refractivity contribution in [2.45, 2.75) is 52.7 Å². The lowest BCUT2D eigenvalue weighted by Gasteiger charge is -2.31. The van der Waals surface area contributed by atoms with Gasteiger partial charge < -0.3 is 15.5 Å². The van der Waals surface area contributed by atoms with E-state index in [2.05, 4.69) is 66.4 Å². The monoisotopic (exact) mass is 373 g/mol. The molecular weight excluding hydrogens is 338 g/mol. The largest absolute Gasteiger partial charge is 0.355 e. The molecule has 1 amide bonds. The van der Waals surface area contributed by atoms with Crippen molar-refractivity contribution in [1.29, 1.82) is 0 Å². The van der Waals surface area contributed by atoms with Gasteiger partial charge in [-0.3, -0.25) is 14.7 Å². The van der Waals surface area contributed by atoms with Crippen LogP contribution in [0, 0.1) is 0 Å². The average Bonchev–Trinajstić information content (AvgIpc) is 2.66. The summed E-state index contributed by atoms with van der Waals surface area (Å²) in [4.78, 5) is 21.1. The van der Waals surface area contributed by atoms with E-state index in [4.69, 9.17) is 0 Å². The number of rotatable bonds is 7. The average molecular weight is 374 g/mol. The highest BCUT2D eigenvalue weighted by Gasteiger charge is 2.20. The lowest BCUT2D eigenvalue weighted by atomic mass is 10.00. The van der Waals surface area contributed by atoms with Gasteiger partial charge >= 0.3 is 0 Å². The van der Waals surface area contributed by atoms with Crippen molar-refractivity contribution in [1.82, 2.24) is 20.4 Å². The molecule has 0 bridgehead atoms. The van der Waals surface area contributed by atoms with Gasteiger partial charge in [0.05, 0.1) is 6.54 Å². The van der Waals surface area contributed by atoms with Crippen LogP contribution in [0.5, 0.6) is 0 Å². The van der Waals surface area contributed by atoms with Crippen molar-refractivity contribution in [2.24, 2.45) is 4.99 Å². The minimum atomic E-state index is 0.110. The predicted molar refractivity (Wildman–Crippen MR) is 112 cm³/mol. The van der Waals surface area contributed by atoms with E-state index in [1.54, 1.807) is 7.05 Å². The summed E-state index contributed by atoms with van der Waals surface area (Å²) in [6.07, 6.45) is 0.926. The Morgan fingerprint density at radius 1 is 1.15 bits per heavy atom.